The molecule has 6 heterocycles. The van der Waals surface area contributed by atoms with E-state index in [0.717, 1.165) is 32.6 Å². The van der Waals surface area contributed by atoms with Gasteiger partial charge in [0.05, 0.1) is 28.4 Å². The number of carboxylic acid groups (broad SMARTS) is 1. The number of aryl methyl sites for hydroxylation is 4. The lowest BCUT2D eigenvalue weighted by Gasteiger charge is -2.14. The number of anilines is 4. The third-order valence-electron chi connectivity index (χ3n) is 10.7. The average molecular weight is 1040 g/mol. The monoisotopic (exact) mass is 1040 g/mol. The van der Waals surface area contributed by atoms with Gasteiger partial charge in [0.15, 0.2) is 23.0 Å². The van der Waals surface area contributed by atoms with Gasteiger partial charge < -0.3 is 34.7 Å². The number of carbonyl (C=O) groups excluding carboxylic acids is 1. The normalized spacial score (nSPS) is 11.3. The molecule has 0 aliphatic carbocycles. The van der Waals surface area contributed by atoms with Crippen LogP contribution in [0.25, 0.3) is 33.9 Å². The van der Waals surface area contributed by atoms with E-state index in [1.54, 1.807) is 12.1 Å². The summed E-state index contributed by atoms with van der Waals surface area (Å²) in [6.45, 7) is 6.65. The Kier molecular flexibility index (Phi) is 15.5. The first-order valence-electron chi connectivity index (χ1n) is 21.7. The van der Waals surface area contributed by atoms with Crippen LogP contribution < -0.4 is 40.8 Å². The van der Waals surface area contributed by atoms with Crippen LogP contribution in [0.15, 0.2) is 85.5 Å². The fourth-order valence-corrected chi connectivity index (χ4v) is 7.30. The second kappa shape index (κ2) is 21.8. The second-order valence-electron chi connectivity index (χ2n) is 16.1. The van der Waals surface area contributed by atoms with Crippen molar-refractivity contribution in [2.75, 3.05) is 39.1 Å². The van der Waals surface area contributed by atoms with Crippen LogP contribution in [0.3, 0.4) is 0 Å². The molecule has 0 saturated carbocycles. The van der Waals surface area contributed by atoms with Crippen molar-refractivity contribution in [3.8, 4) is 57.1 Å². The number of amides is 1. The SMILES string of the molecule is COc1cc(C)cc(Nc2ncc(-c3cnc(OC)c(C(=O)NN)c3)c(-n3nc(C(F)(F)F)cc3C)n2)c1.COc1cc(C)cc(Nc2ncc(-c3cnc(OC)c(C(=O)O)c3)c(-n3nc(C(F)(F)F)cc3C)n2)c1. The number of hydrogen-bond acceptors (Lipinski definition) is 17. The first kappa shape index (κ1) is 53.4. The van der Waals surface area contributed by atoms with E-state index in [9.17, 15) is 41.0 Å². The topological polar surface area (TPSA) is 266 Å². The fraction of sp³-hybridized carbons (Fsp3) is 0.208. The second-order valence-corrected chi connectivity index (χ2v) is 16.1. The number of pyridine rings is 2. The van der Waals surface area contributed by atoms with E-state index in [1.165, 1.54) is 79.2 Å². The Morgan fingerprint density at radius 2 is 0.973 bits per heavy atom. The molecule has 0 bridgehead atoms. The highest BCUT2D eigenvalue weighted by atomic mass is 19.4. The van der Waals surface area contributed by atoms with E-state index in [0.29, 0.717) is 28.4 Å². The number of halogens is 6. The molecule has 6 aromatic heterocycles. The molecule has 0 radical (unpaired) electrons. The summed E-state index contributed by atoms with van der Waals surface area (Å²) in [7, 11) is 5.66. The van der Waals surface area contributed by atoms with Crippen LogP contribution in [0, 0.1) is 27.7 Å². The number of carbonyl (C=O) groups is 2. The molecule has 8 rings (SSSR count). The highest BCUT2D eigenvalue weighted by Crippen LogP contribution is 2.36. The Morgan fingerprint density at radius 1 is 0.560 bits per heavy atom. The van der Waals surface area contributed by atoms with Gasteiger partial charge in [-0.25, -0.2) is 39.9 Å². The molecule has 2 aromatic carbocycles. The summed E-state index contributed by atoms with van der Waals surface area (Å²) < 4.78 is 103. The number of nitrogen functional groups attached to an aromatic ring is 1. The van der Waals surface area contributed by atoms with Crippen LogP contribution in [0.1, 0.15) is 54.6 Å². The Bertz CT molecular complexity index is 3440. The third kappa shape index (κ3) is 12.1. The van der Waals surface area contributed by atoms with Gasteiger partial charge in [0.2, 0.25) is 23.7 Å². The number of benzene rings is 2. The van der Waals surface area contributed by atoms with Crippen molar-refractivity contribution in [2.45, 2.75) is 40.0 Å². The van der Waals surface area contributed by atoms with Crippen molar-refractivity contribution < 1.29 is 60.0 Å². The number of rotatable bonds is 14. The zero-order valence-corrected chi connectivity index (χ0v) is 40.8. The van der Waals surface area contributed by atoms with Gasteiger partial charge in [0.25, 0.3) is 5.91 Å². The van der Waals surface area contributed by atoms with E-state index in [2.05, 4.69) is 50.7 Å². The largest absolute Gasteiger partial charge is 0.497 e. The van der Waals surface area contributed by atoms with E-state index < -0.39 is 35.6 Å². The van der Waals surface area contributed by atoms with Gasteiger partial charge in [-0.05, 0) is 87.4 Å². The first-order valence-corrected chi connectivity index (χ1v) is 21.7. The van der Waals surface area contributed by atoms with Crippen LogP contribution >= 0.6 is 0 Å². The number of alkyl halides is 6. The number of aromatic nitrogens is 10. The van der Waals surface area contributed by atoms with Crippen molar-refractivity contribution in [1.29, 1.82) is 0 Å². The molecule has 27 heteroatoms. The van der Waals surface area contributed by atoms with Crippen molar-refractivity contribution in [3.63, 3.8) is 0 Å². The summed E-state index contributed by atoms with van der Waals surface area (Å²) in [5, 5.41) is 23.1. The maximum atomic E-state index is 13.4. The van der Waals surface area contributed by atoms with Gasteiger partial charge in [0, 0.05) is 81.9 Å². The number of hydrazine groups is 1. The predicted octanol–water partition coefficient (Wildman–Crippen LogP) is 8.54. The lowest BCUT2D eigenvalue weighted by Crippen LogP contribution is -2.30. The smallest absolute Gasteiger partial charge is 0.435 e. The molecule has 21 nitrogen and oxygen atoms in total. The molecule has 8 aromatic rings. The summed E-state index contributed by atoms with van der Waals surface area (Å²) in [5.41, 5.74) is 3.86. The van der Waals surface area contributed by atoms with E-state index >= 15 is 0 Å². The van der Waals surface area contributed by atoms with Crippen molar-refractivity contribution in [1.82, 2.24) is 54.9 Å². The summed E-state index contributed by atoms with van der Waals surface area (Å²) in [6.07, 6.45) is -3.93. The molecule has 0 saturated heterocycles. The molecule has 0 aliphatic heterocycles. The van der Waals surface area contributed by atoms with Crippen LogP contribution in [-0.4, -0.2) is 94.9 Å². The maximum Gasteiger partial charge on any atom is 0.435 e. The Labute approximate surface area is 421 Å². The molecular formula is C48H44F6N14O7. The Balaban J connectivity index is 0.000000219. The number of carboxylic acids is 1. The molecule has 0 aliphatic rings. The van der Waals surface area contributed by atoms with E-state index in [1.807, 2.05) is 43.5 Å². The van der Waals surface area contributed by atoms with Gasteiger partial charge >= 0.3 is 18.3 Å². The quantitative estimate of drug-likeness (QED) is 0.0295. The van der Waals surface area contributed by atoms with E-state index in [-0.39, 0.29) is 74.5 Å². The van der Waals surface area contributed by atoms with Gasteiger partial charge in [-0.2, -0.15) is 46.5 Å². The molecule has 0 spiro atoms. The zero-order chi connectivity index (χ0) is 54.5. The molecule has 75 heavy (non-hydrogen) atoms. The summed E-state index contributed by atoms with van der Waals surface area (Å²) >= 11 is 0. The lowest BCUT2D eigenvalue weighted by atomic mass is 10.1. The summed E-state index contributed by atoms with van der Waals surface area (Å²) in [4.78, 5) is 49.7. The highest BCUT2D eigenvalue weighted by molar-refractivity contribution is 5.97. The predicted molar refractivity (Wildman–Crippen MR) is 258 cm³/mol. The van der Waals surface area contributed by atoms with Crippen LogP contribution in [0.4, 0.5) is 49.6 Å². The van der Waals surface area contributed by atoms with Crippen molar-refractivity contribution in [2.24, 2.45) is 5.84 Å². The number of nitrogens with two attached hydrogens (primary N) is 1. The molecule has 6 N–H and O–H groups in total. The molecule has 0 atom stereocenters. The average Bonchev–Trinajstić information content (AvgIpc) is 3.98. The van der Waals surface area contributed by atoms with Gasteiger partial charge in [-0.15, -0.1) is 0 Å². The lowest BCUT2D eigenvalue weighted by molar-refractivity contribution is -0.142. The number of nitrogens with one attached hydrogen (secondary N) is 3. The first-order chi connectivity index (χ1) is 35.5. The van der Waals surface area contributed by atoms with Crippen LogP contribution in [-0.2, 0) is 12.4 Å². The molecule has 0 fully saturated rings. The minimum atomic E-state index is -4.68. The molecule has 0 unspecified atom stereocenters. The Hall–Kier alpha value is -9.40. The maximum absolute atomic E-state index is 13.4. The number of nitrogens with zero attached hydrogens (tertiary/aromatic N) is 10. The Morgan fingerprint density at radius 3 is 1.33 bits per heavy atom. The zero-order valence-electron chi connectivity index (χ0n) is 40.8. The number of ether oxygens (including phenoxy) is 4. The van der Waals surface area contributed by atoms with Crippen molar-refractivity contribution in [3.05, 3.63) is 130 Å². The standard InChI is InChI=1S/C24H23F3N8O3.C24H21F3N6O4/c1-12-5-15(9-16(6-12)37-3)31-23-30-11-18(14-8-17(21(36)33-28)22(38-4)29-10-14)20(32-23)35-13(2)7-19(34-35)24(25,26)27;1-12-5-15(9-16(6-12)36-3)30-23-29-11-18(14-8-17(22(34)35)21(37-4)28-10-14)20(31-23)33-13(2)7-19(32-33)24(25,26)27/h5-11H,28H2,1-4H3,(H,33,36)(H,30,31,32);5-11H,1-4H3,(H,34,35)(H,29,30,31). The van der Waals surface area contributed by atoms with Crippen molar-refractivity contribution >= 4 is 35.1 Å². The summed E-state index contributed by atoms with van der Waals surface area (Å²) in [6, 6.07) is 15.2. The highest BCUT2D eigenvalue weighted by Gasteiger charge is 2.36. The van der Waals surface area contributed by atoms with Crippen LogP contribution in [0.2, 0.25) is 0 Å². The number of methoxy groups -OCH3 is 4. The molecule has 390 valence electrons. The molecule has 1 amide bonds. The van der Waals surface area contributed by atoms with Gasteiger partial charge in [0.1, 0.15) is 22.6 Å². The summed E-state index contributed by atoms with van der Waals surface area (Å²) in [5.74, 6) is 4.50. The van der Waals surface area contributed by atoms with Crippen LogP contribution in [0.5, 0.6) is 23.3 Å². The fourth-order valence-electron chi connectivity index (χ4n) is 7.30. The number of hydrogen-bond donors (Lipinski definition) is 5. The minimum Gasteiger partial charge on any atom is -0.497 e. The number of aromatic carboxylic acids is 1. The van der Waals surface area contributed by atoms with Gasteiger partial charge in [-0.1, -0.05) is 0 Å². The molecular weight excluding hydrogens is 999 g/mol. The third-order valence-corrected chi connectivity index (χ3v) is 10.7. The minimum absolute atomic E-state index is 0.000442. The van der Waals surface area contributed by atoms with Gasteiger partial charge in [-0.3, -0.25) is 10.2 Å². The van der Waals surface area contributed by atoms with E-state index in [4.69, 9.17) is 24.8 Å².